The van der Waals surface area contributed by atoms with Crippen molar-refractivity contribution in [2.45, 2.75) is 40.3 Å². The van der Waals surface area contributed by atoms with Crippen LogP contribution in [0.5, 0.6) is 0 Å². The Bertz CT molecular complexity index is 827. The number of nitrogens with one attached hydrogen (secondary N) is 1. The van der Waals surface area contributed by atoms with E-state index in [1.165, 1.54) is 6.92 Å². The number of likely N-dealkylation sites (N-methyl/N-ethyl adjacent to an activating group) is 1. The van der Waals surface area contributed by atoms with Gasteiger partial charge in [-0.2, -0.15) is 0 Å². The van der Waals surface area contributed by atoms with Gasteiger partial charge in [-0.25, -0.2) is 0 Å². The fraction of sp³-hybridized carbons (Fsp3) is 0.368. The van der Waals surface area contributed by atoms with Crippen LogP contribution < -0.4 is 0 Å². The molecule has 6 heteroatoms. The summed E-state index contributed by atoms with van der Waals surface area (Å²) in [6.07, 6.45) is 0. The SMILES string of the molecule is CC(=O)c1c(C)[nH]c(C(=O)[C@@H](C)N(C)Cc2ccc(Cl)cc2Cl)c1C. The smallest absolute Gasteiger partial charge is 0.196 e. The monoisotopic (exact) mass is 380 g/mol. The lowest BCUT2D eigenvalue weighted by atomic mass is 10.0. The molecule has 1 heterocycles. The summed E-state index contributed by atoms with van der Waals surface area (Å²) >= 11 is 12.1. The second-order valence-corrected chi connectivity index (χ2v) is 7.22. The number of hydrogen-bond donors (Lipinski definition) is 1. The van der Waals surface area contributed by atoms with Gasteiger partial charge < -0.3 is 4.98 Å². The minimum Gasteiger partial charge on any atom is -0.355 e. The number of carbonyl (C=O) groups excluding carboxylic acids is 2. The fourth-order valence-corrected chi connectivity index (χ4v) is 3.46. The van der Waals surface area contributed by atoms with Crippen LogP contribution in [0.2, 0.25) is 10.0 Å². The second kappa shape index (κ2) is 7.73. The molecule has 25 heavy (non-hydrogen) atoms. The van der Waals surface area contributed by atoms with Crippen molar-refractivity contribution in [3.63, 3.8) is 0 Å². The van der Waals surface area contributed by atoms with E-state index in [4.69, 9.17) is 23.2 Å². The number of ketones is 2. The molecule has 134 valence electrons. The topological polar surface area (TPSA) is 53.2 Å². The van der Waals surface area contributed by atoms with E-state index < -0.39 is 0 Å². The standard InChI is InChI=1S/C19H22Cl2N2O2/c1-10-17(13(4)24)11(2)22-18(10)19(25)12(3)23(5)9-14-6-7-15(20)8-16(14)21/h6-8,12,22H,9H2,1-5H3/t12-/m1/s1. The number of H-pyrrole nitrogens is 1. The molecule has 2 aromatic rings. The Balaban J connectivity index is 2.22. The Kier molecular flexibility index (Phi) is 6.09. The molecule has 1 N–H and O–H groups in total. The molecule has 4 nitrogen and oxygen atoms in total. The normalized spacial score (nSPS) is 12.5. The van der Waals surface area contributed by atoms with Crippen LogP contribution in [0.1, 0.15) is 51.5 Å². The van der Waals surface area contributed by atoms with Crippen LogP contribution in [0.25, 0.3) is 0 Å². The zero-order valence-corrected chi connectivity index (χ0v) is 16.5. The van der Waals surface area contributed by atoms with Crippen molar-refractivity contribution in [3.05, 3.63) is 56.3 Å². The van der Waals surface area contributed by atoms with Crippen LogP contribution in [-0.2, 0) is 6.54 Å². The summed E-state index contributed by atoms with van der Waals surface area (Å²) in [5.41, 5.74) is 3.42. The number of Topliss-reactive ketones (excluding diaryl/α,β-unsaturated/α-hetero) is 2. The van der Waals surface area contributed by atoms with E-state index in [1.807, 2.05) is 31.9 Å². The van der Waals surface area contributed by atoms with Gasteiger partial charge in [-0.05, 0) is 58.0 Å². The molecule has 0 aliphatic rings. The number of aromatic nitrogens is 1. The zero-order chi connectivity index (χ0) is 18.9. The molecule has 1 aromatic carbocycles. The molecule has 1 aromatic heterocycles. The molecule has 0 radical (unpaired) electrons. The number of rotatable bonds is 6. The molecular weight excluding hydrogens is 359 g/mol. The minimum atomic E-state index is -0.372. The van der Waals surface area contributed by atoms with Gasteiger partial charge >= 0.3 is 0 Å². The van der Waals surface area contributed by atoms with Crippen LogP contribution in [0.4, 0.5) is 0 Å². The number of hydrogen-bond acceptors (Lipinski definition) is 3. The highest BCUT2D eigenvalue weighted by atomic mass is 35.5. The lowest BCUT2D eigenvalue weighted by molar-refractivity contribution is 0.0856. The maximum atomic E-state index is 12.9. The highest BCUT2D eigenvalue weighted by molar-refractivity contribution is 6.35. The van der Waals surface area contributed by atoms with Gasteiger partial charge in [0.1, 0.15) is 0 Å². The van der Waals surface area contributed by atoms with Crippen LogP contribution in [0.15, 0.2) is 18.2 Å². The predicted octanol–water partition coefficient (Wildman–Crippen LogP) is 4.84. The quantitative estimate of drug-likeness (QED) is 0.729. The average Bonchev–Trinajstić information content (AvgIpc) is 2.83. The molecule has 0 fully saturated rings. The molecule has 0 saturated carbocycles. The van der Waals surface area contributed by atoms with Gasteiger partial charge in [-0.3, -0.25) is 14.5 Å². The first kappa shape index (κ1) is 19.7. The van der Waals surface area contributed by atoms with Gasteiger partial charge in [-0.15, -0.1) is 0 Å². The third-order valence-electron chi connectivity index (χ3n) is 4.51. The fourth-order valence-electron chi connectivity index (χ4n) is 2.99. The molecule has 2 rings (SSSR count). The molecule has 0 bridgehead atoms. The van der Waals surface area contributed by atoms with Crippen molar-refractivity contribution >= 4 is 34.8 Å². The van der Waals surface area contributed by atoms with Crippen LogP contribution >= 0.6 is 23.2 Å². The van der Waals surface area contributed by atoms with E-state index >= 15 is 0 Å². The lowest BCUT2D eigenvalue weighted by Crippen LogP contribution is -2.36. The van der Waals surface area contributed by atoms with Crippen LogP contribution in [0.3, 0.4) is 0 Å². The third-order valence-corrected chi connectivity index (χ3v) is 5.10. The van der Waals surface area contributed by atoms with Gasteiger partial charge in [0.2, 0.25) is 0 Å². The Morgan fingerprint density at radius 1 is 1.24 bits per heavy atom. The van der Waals surface area contributed by atoms with Crippen LogP contribution in [0, 0.1) is 13.8 Å². The molecular formula is C19H22Cl2N2O2. The van der Waals surface area contributed by atoms with Crippen molar-refractivity contribution in [1.29, 1.82) is 0 Å². The summed E-state index contributed by atoms with van der Waals surface area (Å²) in [6, 6.07) is 4.95. The van der Waals surface area contributed by atoms with Gasteiger partial charge in [0.15, 0.2) is 11.6 Å². The summed E-state index contributed by atoms with van der Waals surface area (Å²) in [5.74, 6) is -0.0973. The first-order chi connectivity index (χ1) is 11.6. The summed E-state index contributed by atoms with van der Waals surface area (Å²) in [7, 11) is 1.87. The van der Waals surface area contributed by atoms with E-state index in [1.54, 1.807) is 19.1 Å². The maximum absolute atomic E-state index is 12.9. The van der Waals surface area contributed by atoms with Crippen molar-refractivity contribution in [1.82, 2.24) is 9.88 Å². The van der Waals surface area contributed by atoms with Gasteiger partial charge in [-0.1, -0.05) is 29.3 Å². The molecule has 0 aliphatic carbocycles. The Hall–Kier alpha value is -1.62. The van der Waals surface area contributed by atoms with Crippen molar-refractivity contribution in [3.8, 4) is 0 Å². The summed E-state index contributed by atoms with van der Waals surface area (Å²) in [4.78, 5) is 29.6. The summed E-state index contributed by atoms with van der Waals surface area (Å²) in [5, 5.41) is 1.15. The Morgan fingerprint density at radius 3 is 2.40 bits per heavy atom. The third kappa shape index (κ3) is 4.14. The Labute approximate surface area is 158 Å². The summed E-state index contributed by atoms with van der Waals surface area (Å²) < 4.78 is 0. The van der Waals surface area contributed by atoms with Gasteiger partial charge in [0.05, 0.1) is 11.7 Å². The van der Waals surface area contributed by atoms with Crippen molar-refractivity contribution in [2.75, 3.05) is 7.05 Å². The van der Waals surface area contributed by atoms with Gasteiger partial charge in [0.25, 0.3) is 0 Å². The van der Waals surface area contributed by atoms with Gasteiger partial charge in [0, 0.05) is 27.8 Å². The average molecular weight is 381 g/mol. The molecule has 0 aliphatic heterocycles. The minimum absolute atomic E-state index is 0.0424. The molecule has 0 amide bonds. The molecule has 0 saturated heterocycles. The first-order valence-corrected chi connectivity index (χ1v) is 8.77. The molecule has 1 atom stereocenters. The van der Waals surface area contributed by atoms with Crippen molar-refractivity contribution in [2.24, 2.45) is 0 Å². The molecule has 0 spiro atoms. The van der Waals surface area contributed by atoms with E-state index in [0.717, 1.165) is 11.3 Å². The first-order valence-electron chi connectivity index (χ1n) is 8.02. The summed E-state index contributed by atoms with van der Waals surface area (Å²) in [6.45, 7) is 7.48. The Morgan fingerprint density at radius 2 is 1.88 bits per heavy atom. The number of halogens is 2. The second-order valence-electron chi connectivity index (χ2n) is 6.37. The van der Waals surface area contributed by atoms with Crippen molar-refractivity contribution < 1.29 is 9.59 Å². The number of nitrogens with zero attached hydrogens (tertiary/aromatic N) is 1. The highest BCUT2D eigenvalue weighted by Crippen LogP contribution is 2.24. The number of aryl methyl sites for hydroxylation is 1. The largest absolute Gasteiger partial charge is 0.355 e. The van der Waals surface area contributed by atoms with E-state index in [9.17, 15) is 9.59 Å². The van der Waals surface area contributed by atoms with E-state index in [0.29, 0.717) is 33.4 Å². The predicted molar refractivity (Wildman–Crippen MR) is 102 cm³/mol. The van der Waals surface area contributed by atoms with E-state index in [-0.39, 0.29) is 17.6 Å². The number of aromatic amines is 1. The zero-order valence-electron chi connectivity index (χ0n) is 15.0. The van der Waals surface area contributed by atoms with Crippen LogP contribution in [-0.4, -0.2) is 34.5 Å². The highest BCUT2D eigenvalue weighted by Gasteiger charge is 2.26. The maximum Gasteiger partial charge on any atom is 0.196 e. The number of benzene rings is 1. The number of carbonyl (C=O) groups is 2. The van der Waals surface area contributed by atoms with E-state index in [2.05, 4.69) is 4.98 Å². The lowest BCUT2D eigenvalue weighted by Gasteiger charge is -2.24. The molecule has 0 unspecified atom stereocenters.